The summed E-state index contributed by atoms with van der Waals surface area (Å²) in [5.41, 5.74) is 1.33. The lowest BCUT2D eigenvalue weighted by Gasteiger charge is -2.30. The van der Waals surface area contributed by atoms with Crippen molar-refractivity contribution >= 4 is 5.96 Å². The quantitative estimate of drug-likeness (QED) is 0.629. The van der Waals surface area contributed by atoms with Crippen molar-refractivity contribution in [3.8, 4) is 0 Å². The third kappa shape index (κ3) is 4.95. The van der Waals surface area contributed by atoms with Gasteiger partial charge >= 0.3 is 0 Å². The average Bonchev–Trinajstić information content (AvgIpc) is 3.25. The minimum Gasteiger partial charge on any atom is -0.379 e. The van der Waals surface area contributed by atoms with Crippen LogP contribution in [0.25, 0.3) is 0 Å². The van der Waals surface area contributed by atoms with Gasteiger partial charge in [-0.25, -0.2) is 0 Å². The number of nitrogens with zero attached hydrogens (tertiary/aromatic N) is 5. The summed E-state index contributed by atoms with van der Waals surface area (Å²) in [6.07, 6.45) is 5.29. The third-order valence-electron chi connectivity index (χ3n) is 5.18. The first kappa shape index (κ1) is 18.2. The molecule has 0 radical (unpaired) electrons. The number of ether oxygens (including phenoxy) is 1. The zero-order chi connectivity index (χ0) is 17.6. The molecule has 0 bridgehead atoms. The lowest BCUT2D eigenvalue weighted by atomic mass is 10.0. The van der Waals surface area contributed by atoms with Gasteiger partial charge in [0.05, 0.1) is 19.4 Å². The van der Waals surface area contributed by atoms with Crippen molar-refractivity contribution in [1.82, 2.24) is 24.9 Å². The van der Waals surface area contributed by atoms with Crippen molar-refractivity contribution in [2.24, 2.45) is 18.0 Å². The Balaban J connectivity index is 1.44. The molecule has 2 saturated heterocycles. The second-order valence-corrected chi connectivity index (χ2v) is 7.33. The summed E-state index contributed by atoms with van der Waals surface area (Å²) >= 11 is 0. The second kappa shape index (κ2) is 8.67. The van der Waals surface area contributed by atoms with Gasteiger partial charge in [-0.05, 0) is 17.9 Å². The van der Waals surface area contributed by atoms with Crippen LogP contribution in [0, 0.1) is 5.92 Å². The van der Waals surface area contributed by atoms with Crippen LogP contribution in [0.2, 0.25) is 0 Å². The summed E-state index contributed by atoms with van der Waals surface area (Å²) in [5.74, 6) is 2.17. The Hall–Kier alpha value is -1.60. The van der Waals surface area contributed by atoms with Crippen LogP contribution in [-0.2, 0) is 11.8 Å². The van der Waals surface area contributed by atoms with Gasteiger partial charge in [0.15, 0.2) is 5.96 Å². The number of guanidine groups is 1. The van der Waals surface area contributed by atoms with Gasteiger partial charge in [-0.15, -0.1) is 0 Å². The largest absolute Gasteiger partial charge is 0.379 e. The monoisotopic (exact) mass is 348 g/mol. The van der Waals surface area contributed by atoms with Gasteiger partial charge < -0.3 is 15.0 Å². The summed E-state index contributed by atoms with van der Waals surface area (Å²) in [4.78, 5) is 9.37. The zero-order valence-corrected chi connectivity index (χ0v) is 15.8. The van der Waals surface area contributed by atoms with E-state index in [2.05, 4.69) is 38.3 Å². The van der Waals surface area contributed by atoms with E-state index < -0.39 is 0 Å². The molecule has 0 spiro atoms. The van der Waals surface area contributed by atoms with Gasteiger partial charge in [0.1, 0.15) is 0 Å². The lowest BCUT2D eigenvalue weighted by Crippen LogP contribution is -2.44. The van der Waals surface area contributed by atoms with E-state index in [0.29, 0.717) is 11.8 Å². The van der Waals surface area contributed by atoms with Crippen LogP contribution >= 0.6 is 0 Å². The Morgan fingerprint density at radius 1 is 1.40 bits per heavy atom. The molecule has 3 rings (SSSR count). The Bertz CT molecular complexity index is 566. The number of rotatable bonds is 5. The van der Waals surface area contributed by atoms with E-state index in [4.69, 9.17) is 4.74 Å². The van der Waals surface area contributed by atoms with Gasteiger partial charge in [0.2, 0.25) is 0 Å². The second-order valence-electron chi connectivity index (χ2n) is 7.33. The van der Waals surface area contributed by atoms with Crippen LogP contribution in [0.1, 0.15) is 24.8 Å². The minimum absolute atomic E-state index is 0.554. The molecule has 2 unspecified atom stereocenters. The molecule has 1 N–H and O–H groups in total. The first-order valence-corrected chi connectivity index (χ1v) is 9.40. The number of hydrogen-bond acceptors (Lipinski definition) is 4. The van der Waals surface area contributed by atoms with E-state index in [9.17, 15) is 0 Å². The molecule has 2 atom stereocenters. The fourth-order valence-corrected chi connectivity index (χ4v) is 3.76. The molecule has 1 aromatic rings. The summed E-state index contributed by atoms with van der Waals surface area (Å²) in [6, 6.07) is 0. The molecule has 2 fully saturated rings. The average molecular weight is 348 g/mol. The maximum absolute atomic E-state index is 5.42. The summed E-state index contributed by atoms with van der Waals surface area (Å²) < 4.78 is 7.31. The smallest absolute Gasteiger partial charge is 0.193 e. The Labute approximate surface area is 151 Å². The van der Waals surface area contributed by atoms with E-state index in [-0.39, 0.29) is 0 Å². The normalized spacial score (nSPS) is 23.9. The SMILES string of the molecule is CN=C(NCC(C)CN1CCOCC1)N1CCC(c2cnn(C)c2)C1. The van der Waals surface area contributed by atoms with Gasteiger partial charge in [0.25, 0.3) is 0 Å². The molecular weight excluding hydrogens is 316 g/mol. The lowest BCUT2D eigenvalue weighted by molar-refractivity contribution is 0.0320. The van der Waals surface area contributed by atoms with Crippen molar-refractivity contribution < 1.29 is 4.74 Å². The molecule has 0 saturated carbocycles. The summed E-state index contributed by atoms with van der Waals surface area (Å²) in [5, 5.41) is 7.88. The maximum Gasteiger partial charge on any atom is 0.193 e. The number of aliphatic imine (C=N–C) groups is 1. The van der Waals surface area contributed by atoms with Gasteiger partial charge in [-0.2, -0.15) is 5.10 Å². The maximum atomic E-state index is 5.42. The highest BCUT2D eigenvalue weighted by atomic mass is 16.5. The topological polar surface area (TPSA) is 57.9 Å². The predicted octanol–water partition coefficient (Wildman–Crippen LogP) is 0.753. The number of nitrogens with one attached hydrogen (secondary N) is 1. The van der Waals surface area contributed by atoms with Crippen LogP contribution in [0.5, 0.6) is 0 Å². The highest BCUT2D eigenvalue weighted by Gasteiger charge is 2.27. The van der Waals surface area contributed by atoms with Gasteiger partial charge in [-0.1, -0.05) is 6.92 Å². The van der Waals surface area contributed by atoms with Crippen LogP contribution in [0.3, 0.4) is 0 Å². The molecule has 0 amide bonds. The Morgan fingerprint density at radius 3 is 2.88 bits per heavy atom. The first-order chi connectivity index (χ1) is 12.2. The standard InChI is InChI=1S/C18H32N6O/c1-15(12-23-6-8-25-9-7-23)10-20-18(19-2)24-5-4-16(14-24)17-11-21-22(3)13-17/h11,13,15-16H,4-10,12,14H2,1-3H3,(H,19,20). The van der Waals surface area contributed by atoms with Crippen LogP contribution < -0.4 is 5.32 Å². The fourth-order valence-electron chi connectivity index (χ4n) is 3.76. The highest BCUT2D eigenvalue weighted by molar-refractivity contribution is 5.80. The van der Waals surface area contributed by atoms with Crippen LogP contribution in [-0.4, -0.2) is 85.1 Å². The number of likely N-dealkylation sites (tertiary alicyclic amines) is 1. The molecule has 0 aromatic carbocycles. The molecule has 1 aromatic heterocycles. The molecule has 7 heteroatoms. The van der Waals surface area contributed by atoms with E-state index in [1.165, 1.54) is 5.56 Å². The molecule has 3 heterocycles. The number of aromatic nitrogens is 2. The summed E-state index contributed by atoms with van der Waals surface area (Å²) in [6.45, 7) is 10.3. The predicted molar refractivity (Wildman–Crippen MR) is 99.9 cm³/mol. The molecule has 7 nitrogen and oxygen atoms in total. The van der Waals surface area contributed by atoms with Crippen molar-refractivity contribution in [3.63, 3.8) is 0 Å². The molecule has 25 heavy (non-hydrogen) atoms. The zero-order valence-electron chi connectivity index (χ0n) is 15.8. The summed E-state index contributed by atoms with van der Waals surface area (Å²) in [7, 11) is 3.86. The number of hydrogen-bond donors (Lipinski definition) is 1. The van der Waals surface area contributed by atoms with E-state index in [1.54, 1.807) is 0 Å². The van der Waals surface area contributed by atoms with Crippen molar-refractivity contribution in [2.45, 2.75) is 19.3 Å². The number of aryl methyl sites for hydroxylation is 1. The molecular formula is C18H32N6O. The van der Waals surface area contributed by atoms with E-state index >= 15 is 0 Å². The van der Waals surface area contributed by atoms with Crippen LogP contribution in [0.15, 0.2) is 17.4 Å². The molecule has 140 valence electrons. The Kier molecular flexibility index (Phi) is 6.31. The van der Waals surface area contributed by atoms with Crippen LogP contribution in [0.4, 0.5) is 0 Å². The van der Waals surface area contributed by atoms with Crippen molar-refractivity contribution in [1.29, 1.82) is 0 Å². The Morgan fingerprint density at radius 2 is 2.20 bits per heavy atom. The van der Waals surface area contributed by atoms with E-state index in [1.807, 2.05) is 25.0 Å². The minimum atomic E-state index is 0.554. The molecule has 2 aliphatic rings. The third-order valence-corrected chi connectivity index (χ3v) is 5.18. The van der Waals surface area contributed by atoms with Crippen molar-refractivity contribution in [2.75, 3.05) is 59.5 Å². The van der Waals surface area contributed by atoms with Gasteiger partial charge in [-0.3, -0.25) is 14.6 Å². The highest BCUT2D eigenvalue weighted by Crippen LogP contribution is 2.26. The molecule has 0 aliphatic carbocycles. The first-order valence-electron chi connectivity index (χ1n) is 9.40. The van der Waals surface area contributed by atoms with E-state index in [0.717, 1.165) is 64.9 Å². The van der Waals surface area contributed by atoms with Crippen molar-refractivity contribution in [3.05, 3.63) is 18.0 Å². The molecule has 2 aliphatic heterocycles. The fraction of sp³-hybridized carbons (Fsp3) is 0.778. The number of morpholine rings is 1. The van der Waals surface area contributed by atoms with Gasteiger partial charge in [0, 0.05) is 65.5 Å².